The third-order valence-electron chi connectivity index (χ3n) is 4.40. The Morgan fingerprint density at radius 3 is 2.39 bits per heavy atom. The van der Waals surface area contributed by atoms with E-state index in [1.54, 1.807) is 0 Å². The first-order chi connectivity index (χ1) is 11.4. The lowest BCUT2D eigenvalue weighted by molar-refractivity contribution is 0.382. The normalized spacial score (nSPS) is 16.6. The van der Waals surface area contributed by atoms with E-state index in [0.717, 1.165) is 44.1 Å². The van der Waals surface area contributed by atoms with Crippen molar-refractivity contribution in [1.82, 2.24) is 10.2 Å². The maximum Gasteiger partial charge on any atom is 0.132 e. The van der Waals surface area contributed by atoms with Gasteiger partial charge in [0.05, 0.1) is 12.4 Å². The zero-order valence-corrected chi connectivity index (χ0v) is 13.1. The van der Waals surface area contributed by atoms with Gasteiger partial charge in [0.25, 0.3) is 0 Å². The Labute approximate surface area is 136 Å². The van der Waals surface area contributed by atoms with E-state index in [2.05, 4.69) is 39.5 Å². The van der Waals surface area contributed by atoms with Crippen LogP contribution in [0.2, 0.25) is 0 Å². The van der Waals surface area contributed by atoms with Crippen LogP contribution in [0.1, 0.15) is 23.6 Å². The Kier molecular flexibility index (Phi) is 3.99. The van der Waals surface area contributed by atoms with E-state index in [0.29, 0.717) is 0 Å². The minimum atomic E-state index is 0.179. The Morgan fingerprint density at radius 1 is 1.04 bits per heavy atom. The molecule has 0 unspecified atom stereocenters. The van der Waals surface area contributed by atoms with Gasteiger partial charge in [0.2, 0.25) is 0 Å². The van der Waals surface area contributed by atoms with Crippen LogP contribution >= 0.6 is 0 Å². The predicted octanol–water partition coefficient (Wildman–Crippen LogP) is 3.21. The highest BCUT2D eigenvalue weighted by molar-refractivity contribution is 5.56. The molecule has 0 spiro atoms. The first-order valence-corrected chi connectivity index (χ1v) is 8.25. The third kappa shape index (κ3) is 2.94. The molecule has 0 saturated carbocycles. The summed E-state index contributed by atoms with van der Waals surface area (Å²) in [5.41, 5.74) is 2.41. The summed E-state index contributed by atoms with van der Waals surface area (Å²) in [4.78, 5) is 6.63. The van der Waals surface area contributed by atoms with Gasteiger partial charge in [-0.25, -0.2) is 0 Å². The number of hydrogen-bond donors (Lipinski definition) is 1. The second-order valence-electron chi connectivity index (χ2n) is 5.98. The summed E-state index contributed by atoms with van der Waals surface area (Å²) >= 11 is 0. The molecule has 2 aromatic carbocycles. The number of benzene rings is 2. The Balaban J connectivity index is 1.53. The molecule has 4 heteroatoms. The predicted molar refractivity (Wildman–Crippen MR) is 92.4 cm³/mol. The molecule has 23 heavy (non-hydrogen) atoms. The number of hydrogen-bond acceptors (Lipinski definition) is 4. The summed E-state index contributed by atoms with van der Waals surface area (Å²) in [6.45, 7) is 3.96. The van der Waals surface area contributed by atoms with Crippen LogP contribution in [0.4, 0.5) is 0 Å². The van der Waals surface area contributed by atoms with Gasteiger partial charge in [0.15, 0.2) is 0 Å². The average Bonchev–Trinajstić information content (AvgIpc) is 2.62. The van der Waals surface area contributed by atoms with Crippen LogP contribution in [-0.2, 0) is 0 Å². The van der Waals surface area contributed by atoms with E-state index < -0.39 is 0 Å². The van der Waals surface area contributed by atoms with Crippen LogP contribution in [0, 0.1) is 0 Å². The maximum atomic E-state index is 6.03. The molecule has 4 nitrogen and oxygen atoms in total. The van der Waals surface area contributed by atoms with Crippen molar-refractivity contribution in [1.29, 1.82) is 0 Å². The summed E-state index contributed by atoms with van der Waals surface area (Å²) in [5.74, 6) is 1.89. The fraction of sp³-hybridized carbons (Fsp3) is 0.316. The van der Waals surface area contributed by atoms with Crippen molar-refractivity contribution in [2.45, 2.75) is 12.5 Å². The molecule has 2 heterocycles. The molecular formula is C19H21N3O. The van der Waals surface area contributed by atoms with Gasteiger partial charge in [-0.05, 0) is 18.6 Å². The van der Waals surface area contributed by atoms with E-state index >= 15 is 0 Å². The zero-order chi connectivity index (χ0) is 15.5. The summed E-state index contributed by atoms with van der Waals surface area (Å²) < 4.78 is 6.03. The molecule has 0 aliphatic carbocycles. The molecule has 2 aliphatic heterocycles. The molecule has 0 bridgehead atoms. The number of nitrogens with zero attached hydrogens (tertiary/aromatic N) is 2. The van der Waals surface area contributed by atoms with E-state index in [9.17, 15) is 0 Å². The Bertz CT molecular complexity index is 668. The van der Waals surface area contributed by atoms with Crippen LogP contribution in [0.15, 0.2) is 53.5 Å². The van der Waals surface area contributed by atoms with Gasteiger partial charge in [-0.2, -0.15) is 0 Å². The van der Waals surface area contributed by atoms with E-state index in [-0.39, 0.29) is 6.04 Å². The Hall–Kier alpha value is -2.33. The number of fused-ring (bicyclic) bond motifs is 2. The van der Waals surface area contributed by atoms with Crippen molar-refractivity contribution >= 4 is 6.34 Å². The van der Waals surface area contributed by atoms with Gasteiger partial charge in [0.1, 0.15) is 11.5 Å². The largest absolute Gasteiger partial charge is 0.457 e. The molecule has 2 aromatic rings. The molecule has 0 fully saturated rings. The van der Waals surface area contributed by atoms with Crippen molar-refractivity contribution in [2.24, 2.45) is 4.99 Å². The monoisotopic (exact) mass is 307 g/mol. The molecule has 0 atom stereocenters. The van der Waals surface area contributed by atoms with Gasteiger partial charge in [-0.3, -0.25) is 4.99 Å². The zero-order valence-electron chi connectivity index (χ0n) is 13.1. The fourth-order valence-corrected chi connectivity index (χ4v) is 3.25. The molecule has 2 aliphatic rings. The van der Waals surface area contributed by atoms with Gasteiger partial charge in [-0.15, -0.1) is 0 Å². The summed E-state index contributed by atoms with van der Waals surface area (Å²) in [7, 11) is 0. The van der Waals surface area contributed by atoms with Crippen LogP contribution < -0.4 is 10.1 Å². The number of ether oxygens (including phenoxy) is 1. The summed E-state index contributed by atoms with van der Waals surface area (Å²) in [6, 6.07) is 16.7. The van der Waals surface area contributed by atoms with Crippen molar-refractivity contribution in [2.75, 3.05) is 26.2 Å². The van der Waals surface area contributed by atoms with Gasteiger partial charge >= 0.3 is 0 Å². The molecule has 1 N–H and O–H groups in total. The molecular weight excluding hydrogens is 286 g/mol. The topological polar surface area (TPSA) is 36.9 Å². The molecule has 0 aromatic heterocycles. The van der Waals surface area contributed by atoms with Crippen molar-refractivity contribution in [3.8, 4) is 11.5 Å². The minimum Gasteiger partial charge on any atom is -0.457 e. The fourth-order valence-electron chi connectivity index (χ4n) is 3.25. The summed E-state index contributed by atoms with van der Waals surface area (Å²) in [6.07, 6.45) is 3.14. The van der Waals surface area contributed by atoms with Crippen LogP contribution in [0.5, 0.6) is 11.5 Å². The second-order valence-corrected chi connectivity index (χ2v) is 5.98. The van der Waals surface area contributed by atoms with Crippen molar-refractivity contribution in [3.63, 3.8) is 0 Å². The number of rotatable bonds is 4. The van der Waals surface area contributed by atoms with Crippen molar-refractivity contribution < 1.29 is 4.74 Å². The van der Waals surface area contributed by atoms with Crippen LogP contribution in [0.25, 0.3) is 0 Å². The SMILES string of the molecule is C1=NCCCN1CCNC1c2ccccc2Oc2ccccc21. The lowest BCUT2D eigenvalue weighted by Gasteiger charge is -2.30. The van der Waals surface area contributed by atoms with E-state index in [1.807, 2.05) is 30.6 Å². The highest BCUT2D eigenvalue weighted by Gasteiger charge is 2.26. The number of nitrogens with one attached hydrogen (secondary N) is 1. The standard InChI is InChI=1S/C19H21N3O/c1-3-8-17-15(6-1)19(16-7-2-4-9-18(16)23-17)21-11-13-22-12-5-10-20-14-22/h1-4,6-9,14,19,21H,5,10-13H2. The van der Waals surface area contributed by atoms with E-state index in [4.69, 9.17) is 4.74 Å². The molecule has 4 rings (SSSR count). The van der Waals surface area contributed by atoms with Crippen molar-refractivity contribution in [3.05, 3.63) is 59.7 Å². The van der Waals surface area contributed by atoms with Gasteiger partial charge in [0, 0.05) is 37.3 Å². The highest BCUT2D eigenvalue weighted by atomic mass is 16.5. The minimum absolute atomic E-state index is 0.179. The lowest BCUT2D eigenvalue weighted by atomic mass is 9.94. The molecule has 0 radical (unpaired) electrons. The van der Waals surface area contributed by atoms with Crippen LogP contribution in [-0.4, -0.2) is 37.4 Å². The highest BCUT2D eigenvalue weighted by Crippen LogP contribution is 2.42. The first kappa shape index (κ1) is 14.3. The number of para-hydroxylation sites is 2. The van der Waals surface area contributed by atoms with Gasteiger partial charge < -0.3 is 15.0 Å². The molecule has 0 amide bonds. The average molecular weight is 307 g/mol. The van der Waals surface area contributed by atoms with Gasteiger partial charge in [-0.1, -0.05) is 36.4 Å². The third-order valence-corrected chi connectivity index (χ3v) is 4.40. The molecule has 0 saturated heterocycles. The number of aliphatic imine (C=N–C) groups is 1. The first-order valence-electron chi connectivity index (χ1n) is 8.25. The second kappa shape index (κ2) is 6.42. The quantitative estimate of drug-likeness (QED) is 0.942. The van der Waals surface area contributed by atoms with E-state index in [1.165, 1.54) is 11.1 Å². The summed E-state index contributed by atoms with van der Waals surface area (Å²) in [5, 5.41) is 3.70. The molecule has 118 valence electrons. The lowest BCUT2D eigenvalue weighted by Crippen LogP contribution is -2.36. The Morgan fingerprint density at radius 2 is 1.74 bits per heavy atom. The maximum absolute atomic E-state index is 6.03. The smallest absolute Gasteiger partial charge is 0.132 e. The van der Waals surface area contributed by atoms with Crippen LogP contribution in [0.3, 0.4) is 0 Å².